The quantitative estimate of drug-likeness (QED) is 0.398. The van der Waals surface area contributed by atoms with Crippen LogP contribution in [0, 0.1) is 0 Å². The maximum Gasteiger partial charge on any atom is 0.234 e. The molecule has 28 heavy (non-hydrogen) atoms. The van der Waals surface area contributed by atoms with E-state index >= 15 is 0 Å². The van der Waals surface area contributed by atoms with Crippen LogP contribution in [0.1, 0.15) is 0 Å². The molecule has 0 aliphatic heterocycles. The second kappa shape index (κ2) is 8.22. The number of amides is 1. The number of anilines is 1. The van der Waals surface area contributed by atoms with E-state index in [9.17, 15) is 4.79 Å². The number of nitrogens with one attached hydrogen (secondary N) is 1. The molecule has 4 rings (SSSR count). The van der Waals surface area contributed by atoms with Crippen molar-refractivity contribution in [3.05, 3.63) is 70.8 Å². The number of nitrogens with zero attached hydrogens (tertiary/aromatic N) is 2. The molecule has 0 fully saturated rings. The van der Waals surface area contributed by atoms with Crippen LogP contribution in [0.15, 0.2) is 70.1 Å². The first-order valence-electron chi connectivity index (χ1n) is 8.28. The van der Waals surface area contributed by atoms with Gasteiger partial charge in [-0.1, -0.05) is 23.2 Å². The van der Waals surface area contributed by atoms with Gasteiger partial charge in [-0.2, -0.15) is 4.98 Å². The van der Waals surface area contributed by atoms with Crippen molar-refractivity contribution >= 4 is 57.8 Å². The highest BCUT2D eigenvalue weighted by atomic mass is 35.5. The molecule has 1 amide bonds. The average molecular weight is 430 g/mol. The van der Waals surface area contributed by atoms with Gasteiger partial charge in [0.15, 0.2) is 11.2 Å². The maximum absolute atomic E-state index is 12.3. The zero-order chi connectivity index (χ0) is 19.5. The Bertz CT molecular complexity index is 1110. The van der Waals surface area contributed by atoms with Crippen LogP contribution in [-0.2, 0) is 4.79 Å². The maximum atomic E-state index is 12.3. The van der Waals surface area contributed by atoms with E-state index in [1.54, 1.807) is 48.7 Å². The smallest absolute Gasteiger partial charge is 0.234 e. The molecular formula is C20H13Cl2N3O2S. The minimum atomic E-state index is -0.132. The summed E-state index contributed by atoms with van der Waals surface area (Å²) in [6.07, 6.45) is 1.64. The van der Waals surface area contributed by atoms with Crippen molar-refractivity contribution in [2.75, 3.05) is 11.1 Å². The zero-order valence-electron chi connectivity index (χ0n) is 14.4. The first kappa shape index (κ1) is 18.8. The molecule has 4 aromatic rings. The molecule has 2 aromatic carbocycles. The highest BCUT2D eigenvalue weighted by molar-refractivity contribution is 8.00. The van der Waals surface area contributed by atoms with Gasteiger partial charge in [-0.3, -0.25) is 4.79 Å². The number of thioether (sulfide) groups is 1. The topological polar surface area (TPSA) is 68.0 Å². The summed E-state index contributed by atoms with van der Waals surface area (Å²) in [5.74, 6) is 0.490. The average Bonchev–Trinajstić information content (AvgIpc) is 3.13. The Morgan fingerprint density at radius 2 is 1.93 bits per heavy atom. The largest absolute Gasteiger partial charge is 0.434 e. The van der Waals surface area contributed by atoms with Crippen LogP contribution in [0.2, 0.25) is 10.0 Å². The number of halogens is 2. The Kier molecular flexibility index (Phi) is 5.52. The normalized spacial score (nSPS) is 10.9. The summed E-state index contributed by atoms with van der Waals surface area (Å²) in [6.45, 7) is 0. The molecule has 0 bridgehead atoms. The van der Waals surface area contributed by atoms with Gasteiger partial charge in [-0.25, -0.2) is 4.98 Å². The van der Waals surface area contributed by atoms with Crippen molar-refractivity contribution in [1.82, 2.24) is 9.97 Å². The first-order valence-corrected chi connectivity index (χ1v) is 10.0. The van der Waals surface area contributed by atoms with E-state index in [2.05, 4.69) is 15.3 Å². The molecule has 0 saturated carbocycles. The summed E-state index contributed by atoms with van der Waals surface area (Å²) >= 11 is 13.6. The summed E-state index contributed by atoms with van der Waals surface area (Å²) in [5.41, 5.74) is 2.27. The number of hydrogen-bond acceptors (Lipinski definition) is 5. The van der Waals surface area contributed by atoms with Crippen molar-refractivity contribution in [2.45, 2.75) is 4.90 Å². The highest BCUT2D eigenvalue weighted by Gasteiger charge is 2.14. The molecule has 0 aliphatic carbocycles. The molecule has 140 valence electrons. The van der Waals surface area contributed by atoms with Crippen molar-refractivity contribution < 1.29 is 9.21 Å². The zero-order valence-corrected chi connectivity index (χ0v) is 16.7. The molecule has 0 atom stereocenters. The van der Waals surface area contributed by atoms with E-state index in [-0.39, 0.29) is 11.7 Å². The van der Waals surface area contributed by atoms with Crippen molar-refractivity contribution in [3.63, 3.8) is 0 Å². The molecule has 2 aromatic heterocycles. The Morgan fingerprint density at radius 1 is 1.11 bits per heavy atom. The monoisotopic (exact) mass is 429 g/mol. The molecule has 5 nitrogen and oxygen atoms in total. The Morgan fingerprint density at radius 3 is 2.71 bits per heavy atom. The van der Waals surface area contributed by atoms with Gasteiger partial charge in [-0.05, 0) is 54.6 Å². The van der Waals surface area contributed by atoms with Gasteiger partial charge in [0.25, 0.3) is 0 Å². The summed E-state index contributed by atoms with van der Waals surface area (Å²) in [6, 6.07) is 16.1. The van der Waals surface area contributed by atoms with Crippen LogP contribution in [0.25, 0.3) is 22.7 Å². The van der Waals surface area contributed by atoms with Crippen LogP contribution in [-0.4, -0.2) is 21.6 Å². The Labute approximate surface area is 175 Å². The molecule has 1 N–H and O–H groups in total. The number of rotatable bonds is 5. The molecule has 0 saturated heterocycles. The van der Waals surface area contributed by atoms with Crippen LogP contribution in [0.4, 0.5) is 5.69 Å². The summed E-state index contributed by atoms with van der Waals surface area (Å²) in [7, 11) is 0. The van der Waals surface area contributed by atoms with E-state index in [0.29, 0.717) is 38.4 Å². The number of benzene rings is 2. The van der Waals surface area contributed by atoms with Gasteiger partial charge in [0.1, 0.15) is 0 Å². The van der Waals surface area contributed by atoms with Gasteiger partial charge >= 0.3 is 0 Å². The van der Waals surface area contributed by atoms with E-state index in [1.165, 1.54) is 11.8 Å². The number of pyridine rings is 1. The van der Waals surface area contributed by atoms with Crippen molar-refractivity contribution in [2.24, 2.45) is 0 Å². The van der Waals surface area contributed by atoms with E-state index in [4.69, 9.17) is 27.6 Å². The third-order valence-corrected chi connectivity index (χ3v) is 5.42. The fourth-order valence-electron chi connectivity index (χ4n) is 2.53. The minimum absolute atomic E-state index is 0.132. The van der Waals surface area contributed by atoms with Crippen LogP contribution in [0.3, 0.4) is 0 Å². The number of carbonyl (C=O) groups is 1. The van der Waals surface area contributed by atoms with Crippen molar-refractivity contribution in [1.29, 1.82) is 0 Å². The van der Waals surface area contributed by atoms with Gasteiger partial charge in [-0.15, -0.1) is 11.8 Å². The molecule has 8 heteroatoms. The van der Waals surface area contributed by atoms with E-state index in [1.807, 2.05) is 12.1 Å². The molecule has 0 spiro atoms. The Hall–Kier alpha value is -2.54. The number of fused-ring (bicyclic) bond motifs is 1. The lowest BCUT2D eigenvalue weighted by atomic mass is 10.2. The second-order valence-corrected chi connectivity index (χ2v) is 7.72. The lowest BCUT2D eigenvalue weighted by molar-refractivity contribution is -0.113. The standard InChI is InChI=1S/C20H13Cl2N3O2S/c21-12-3-6-14(7-4-12)28-11-18(26)24-13-5-8-16(22)15(10-13)20-25-19-17(27-20)2-1-9-23-19/h1-10H,11H2,(H,24,26). The van der Waals surface area contributed by atoms with Crippen LogP contribution < -0.4 is 5.32 Å². The third-order valence-electron chi connectivity index (χ3n) is 3.83. The third kappa shape index (κ3) is 4.30. The molecule has 2 heterocycles. The summed E-state index contributed by atoms with van der Waals surface area (Å²) in [4.78, 5) is 21.8. The fraction of sp³-hybridized carbons (Fsp3) is 0.0500. The van der Waals surface area contributed by atoms with E-state index in [0.717, 1.165) is 4.90 Å². The first-order chi connectivity index (χ1) is 13.6. The van der Waals surface area contributed by atoms with Gasteiger partial charge in [0.2, 0.25) is 11.8 Å². The number of hydrogen-bond donors (Lipinski definition) is 1. The lowest BCUT2D eigenvalue weighted by Gasteiger charge is -2.08. The van der Waals surface area contributed by atoms with E-state index < -0.39 is 0 Å². The van der Waals surface area contributed by atoms with Gasteiger partial charge in [0, 0.05) is 21.8 Å². The molecular weight excluding hydrogens is 417 g/mol. The number of carbonyl (C=O) groups excluding carboxylic acids is 1. The van der Waals surface area contributed by atoms with Gasteiger partial charge < -0.3 is 9.73 Å². The predicted octanol–water partition coefficient (Wildman–Crippen LogP) is 5.93. The minimum Gasteiger partial charge on any atom is -0.434 e. The summed E-state index contributed by atoms with van der Waals surface area (Å²) < 4.78 is 5.72. The number of oxazole rings is 1. The molecule has 0 unspecified atom stereocenters. The second-order valence-electron chi connectivity index (χ2n) is 5.83. The fourth-order valence-corrected chi connectivity index (χ4v) is 3.55. The predicted molar refractivity (Wildman–Crippen MR) is 113 cm³/mol. The number of aromatic nitrogens is 2. The lowest BCUT2D eigenvalue weighted by Crippen LogP contribution is -2.14. The molecule has 0 aliphatic rings. The van der Waals surface area contributed by atoms with Gasteiger partial charge in [0.05, 0.1) is 16.3 Å². The molecule has 0 radical (unpaired) electrons. The van der Waals surface area contributed by atoms with Crippen molar-refractivity contribution in [3.8, 4) is 11.5 Å². The summed E-state index contributed by atoms with van der Waals surface area (Å²) in [5, 5.41) is 4.00. The van der Waals surface area contributed by atoms with Crippen LogP contribution in [0.5, 0.6) is 0 Å². The SMILES string of the molecule is O=C(CSc1ccc(Cl)cc1)Nc1ccc(Cl)c(-c2nc3ncccc3o2)c1. The highest BCUT2D eigenvalue weighted by Crippen LogP contribution is 2.32. The van der Waals surface area contributed by atoms with Crippen LogP contribution >= 0.6 is 35.0 Å². The Balaban J connectivity index is 1.48.